The van der Waals surface area contributed by atoms with E-state index in [9.17, 15) is 8.78 Å². The van der Waals surface area contributed by atoms with Crippen LogP contribution in [0.3, 0.4) is 0 Å². The van der Waals surface area contributed by atoms with E-state index in [0.717, 1.165) is 12.2 Å². The quantitative estimate of drug-likeness (QED) is 0.808. The Labute approximate surface area is 113 Å². The van der Waals surface area contributed by atoms with Gasteiger partial charge in [-0.1, -0.05) is 26.8 Å². The van der Waals surface area contributed by atoms with E-state index >= 15 is 0 Å². The van der Waals surface area contributed by atoms with Crippen LogP contribution >= 0.6 is 0 Å². The van der Waals surface area contributed by atoms with Crippen LogP contribution in [-0.4, -0.2) is 24.0 Å². The molecule has 0 N–H and O–H groups in total. The summed E-state index contributed by atoms with van der Waals surface area (Å²) in [6.45, 7) is 7.34. The molecule has 0 bridgehead atoms. The molecule has 0 aliphatic carbocycles. The summed E-state index contributed by atoms with van der Waals surface area (Å²) in [7, 11) is 0. The molecule has 2 heterocycles. The van der Waals surface area contributed by atoms with Crippen molar-refractivity contribution in [1.82, 2.24) is 4.98 Å². The normalized spacial score (nSPS) is 19.5. The molecule has 4 heteroatoms. The van der Waals surface area contributed by atoms with Gasteiger partial charge in [-0.3, -0.25) is 0 Å². The van der Waals surface area contributed by atoms with Crippen LogP contribution in [0.2, 0.25) is 0 Å². The first-order valence-electron chi connectivity index (χ1n) is 6.83. The van der Waals surface area contributed by atoms with Crippen LogP contribution in [0, 0.1) is 5.41 Å². The smallest absolute Gasteiger partial charge is 0.251 e. The largest absolute Gasteiger partial charge is 0.356 e. The minimum Gasteiger partial charge on any atom is -0.356 e. The second-order valence-electron chi connectivity index (χ2n) is 6.61. The van der Waals surface area contributed by atoms with Crippen LogP contribution in [0.1, 0.15) is 39.2 Å². The van der Waals surface area contributed by atoms with Gasteiger partial charge in [0, 0.05) is 32.1 Å². The average Bonchev–Trinajstić information content (AvgIpc) is 2.28. The zero-order valence-electron chi connectivity index (χ0n) is 11.9. The van der Waals surface area contributed by atoms with Crippen LogP contribution in [0.25, 0.3) is 0 Å². The van der Waals surface area contributed by atoms with Gasteiger partial charge in [-0.15, -0.1) is 0 Å². The van der Waals surface area contributed by atoms with Crippen LogP contribution in [0.5, 0.6) is 0 Å². The van der Waals surface area contributed by atoms with Crippen LogP contribution in [0.4, 0.5) is 14.6 Å². The van der Waals surface area contributed by atoms with E-state index in [0.29, 0.717) is 13.1 Å². The minimum atomic E-state index is -2.50. The van der Waals surface area contributed by atoms with Gasteiger partial charge in [-0.2, -0.15) is 0 Å². The van der Waals surface area contributed by atoms with E-state index in [4.69, 9.17) is 0 Å². The molecule has 0 amide bonds. The Kier molecular flexibility index (Phi) is 3.79. The molecule has 1 aromatic heterocycles. The fourth-order valence-electron chi connectivity index (χ4n) is 2.38. The Bertz CT molecular complexity index is 411. The maximum atomic E-state index is 13.1. The first-order chi connectivity index (χ1) is 8.75. The topological polar surface area (TPSA) is 16.1 Å². The molecule has 1 saturated heterocycles. The maximum Gasteiger partial charge on any atom is 0.251 e. The van der Waals surface area contributed by atoms with Crippen molar-refractivity contribution in [2.24, 2.45) is 5.41 Å². The van der Waals surface area contributed by atoms with E-state index in [1.54, 1.807) is 0 Å². The Morgan fingerprint density at radius 2 is 1.84 bits per heavy atom. The summed E-state index contributed by atoms with van der Waals surface area (Å²) in [4.78, 5) is 6.36. The number of alkyl halides is 2. The van der Waals surface area contributed by atoms with Crippen LogP contribution in [-0.2, 0) is 6.42 Å². The number of rotatable bonds is 2. The highest BCUT2D eigenvalue weighted by atomic mass is 19.3. The number of nitrogens with zero attached hydrogens (tertiary/aromatic N) is 2. The Hall–Kier alpha value is -1.19. The zero-order chi connectivity index (χ0) is 14.1. The molecule has 0 atom stereocenters. The Morgan fingerprint density at radius 1 is 1.21 bits per heavy atom. The monoisotopic (exact) mass is 268 g/mol. The molecular formula is C15H22F2N2. The third-order valence-corrected chi connectivity index (χ3v) is 3.36. The predicted molar refractivity (Wildman–Crippen MR) is 73.8 cm³/mol. The van der Waals surface area contributed by atoms with Gasteiger partial charge in [0.2, 0.25) is 0 Å². The highest BCUT2D eigenvalue weighted by Gasteiger charge is 2.34. The molecule has 1 aliphatic heterocycles. The van der Waals surface area contributed by atoms with Gasteiger partial charge in [0.25, 0.3) is 5.92 Å². The van der Waals surface area contributed by atoms with E-state index in [1.165, 1.54) is 5.56 Å². The number of piperidine rings is 1. The molecule has 1 aliphatic rings. The van der Waals surface area contributed by atoms with Crippen molar-refractivity contribution >= 4 is 5.82 Å². The summed E-state index contributed by atoms with van der Waals surface area (Å²) in [5.74, 6) is -1.68. The van der Waals surface area contributed by atoms with Gasteiger partial charge in [-0.05, 0) is 23.5 Å². The second kappa shape index (κ2) is 5.06. The highest BCUT2D eigenvalue weighted by molar-refractivity contribution is 5.40. The summed E-state index contributed by atoms with van der Waals surface area (Å²) in [6.07, 6.45) is 2.70. The van der Waals surface area contributed by atoms with Gasteiger partial charge in [-0.25, -0.2) is 13.8 Å². The Morgan fingerprint density at radius 3 is 2.32 bits per heavy atom. The lowest BCUT2D eigenvalue weighted by atomic mass is 9.89. The number of pyridine rings is 1. The molecule has 19 heavy (non-hydrogen) atoms. The fourth-order valence-corrected chi connectivity index (χ4v) is 2.38. The van der Waals surface area contributed by atoms with Crippen molar-refractivity contribution in [3.63, 3.8) is 0 Å². The molecule has 0 spiro atoms. The molecule has 0 aromatic carbocycles. The summed E-state index contributed by atoms with van der Waals surface area (Å²) >= 11 is 0. The third kappa shape index (κ3) is 4.15. The van der Waals surface area contributed by atoms with Crippen molar-refractivity contribution in [3.8, 4) is 0 Å². The first-order valence-corrected chi connectivity index (χ1v) is 6.83. The highest BCUT2D eigenvalue weighted by Crippen LogP contribution is 2.30. The predicted octanol–water partition coefficient (Wildman–Crippen LogP) is 3.91. The van der Waals surface area contributed by atoms with Crippen LogP contribution < -0.4 is 4.90 Å². The van der Waals surface area contributed by atoms with E-state index in [2.05, 4.69) is 31.8 Å². The maximum absolute atomic E-state index is 13.1. The molecule has 106 valence electrons. The molecule has 0 radical (unpaired) electrons. The lowest BCUT2D eigenvalue weighted by Gasteiger charge is -2.32. The standard InChI is InChI=1S/C15H22F2N2/c1-14(2,3)10-12-4-5-13(18-11-12)19-8-6-15(16,17)7-9-19/h4-5,11H,6-10H2,1-3H3. The van der Waals surface area contributed by atoms with Gasteiger partial charge in [0.1, 0.15) is 5.82 Å². The van der Waals surface area contributed by atoms with E-state index < -0.39 is 5.92 Å². The molecule has 2 nitrogen and oxygen atoms in total. The molecular weight excluding hydrogens is 246 g/mol. The molecule has 2 rings (SSSR count). The lowest BCUT2D eigenvalue weighted by Crippen LogP contribution is -2.39. The molecule has 1 aromatic rings. The fraction of sp³-hybridized carbons (Fsp3) is 0.667. The summed E-state index contributed by atoms with van der Waals surface area (Å²) < 4.78 is 26.2. The van der Waals surface area contributed by atoms with Crippen molar-refractivity contribution in [2.45, 2.75) is 46.0 Å². The van der Waals surface area contributed by atoms with Gasteiger partial charge >= 0.3 is 0 Å². The Balaban J connectivity index is 1.99. The van der Waals surface area contributed by atoms with Crippen molar-refractivity contribution in [1.29, 1.82) is 0 Å². The lowest BCUT2D eigenvalue weighted by molar-refractivity contribution is -0.0221. The summed E-state index contributed by atoms with van der Waals surface area (Å²) in [6, 6.07) is 4.00. The zero-order valence-corrected chi connectivity index (χ0v) is 11.9. The molecule has 0 unspecified atom stereocenters. The minimum absolute atomic E-state index is 0.0710. The molecule has 0 saturated carbocycles. The van der Waals surface area contributed by atoms with Crippen LogP contribution in [0.15, 0.2) is 18.3 Å². The van der Waals surface area contributed by atoms with Gasteiger partial charge in [0.05, 0.1) is 0 Å². The number of aromatic nitrogens is 1. The number of hydrogen-bond acceptors (Lipinski definition) is 2. The number of anilines is 1. The number of hydrogen-bond donors (Lipinski definition) is 0. The summed E-state index contributed by atoms with van der Waals surface area (Å²) in [5, 5.41) is 0. The van der Waals surface area contributed by atoms with Crippen molar-refractivity contribution in [2.75, 3.05) is 18.0 Å². The van der Waals surface area contributed by atoms with E-state index in [-0.39, 0.29) is 18.3 Å². The van der Waals surface area contributed by atoms with Crippen molar-refractivity contribution in [3.05, 3.63) is 23.9 Å². The second-order valence-corrected chi connectivity index (χ2v) is 6.61. The van der Waals surface area contributed by atoms with Gasteiger partial charge in [0.15, 0.2) is 0 Å². The van der Waals surface area contributed by atoms with Gasteiger partial charge < -0.3 is 4.90 Å². The molecule has 1 fully saturated rings. The number of halogens is 2. The third-order valence-electron chi connectivity index (χ3n) is 3.36. The first kappa shape index (κ1) is 14.2. The van der Waals surface area contributed by atoms with E-state index in [1.807, 2.05) is 17.2 Å². The average molecular weight is 268 g/mol. The SMILES string of the molecule is CC(C)(C)Cc1ccc(N2CCC(F)(F)CC2)nc1. The summed E-state index contributed by atoms with van der Waals surface area (Å²) in [5.41, 5.74) is 1.43. The van der Waals surface area contributed by atoms with Crippen molar-refractivity contribution < 1.29 is 8.78 Å².